The van der Waals surface area contributed by atoms with Crippen LogP contribution in [0.15, 0.2) is 36.7 Å². The van der Waals surface area contributed by atoms with E-state index in [0.717, 1.165) is 50.2 Å². The third kappa shape index (κ3) is 4.26. The van der Waals surface area contributed by atoms with Gasteiger partial charge in [-0.2, -0.15) is 0 Å². The molecule has 2 aliphatic rings. The number of amides is 1. The van der Waals surface area contributed by atoms with Crippen molar-refractivity contribution in [1.29, 1.82) is 0 Å². The van der Waals surface area contributed by atoms with Crippen molar-refractivity contribution in [1.82, 2.24) is 15.3 Å². The first-order chi connectivity index (χ1) is 13.2. The Labute approximate surface area is 159 Å². The Kier molecular flexibility index (Phi) is 5.32. The van der Waals surface area contributed by atoms with Gasteiger partial charge in [-0.15, -0.1) is 0 Å². The first-order valence-electron chi connectivity index (χ1n) is 9.82. The minimum atomic E-state index is -0.276. The number of nitrogens with zero attached hydrogens (tertiary/aromatic N) is 3. The molecular formula is C21H25FN4O. The highest BCUT2D eigenvalue weighted by atomic mass is 19.1. The fourth-order valence-electron chi connectivity index (χ4n) is 4.09. The summed E-state index contributed by atoms with van der Waals surface area (Å²) in [5.74, 6) is 0.858. The van der Waals surface area contributed by atoms with Crippen molar-refractivity contribution in [3.63, 3.8) is 0 Å². The molecule has 1 aliphatic heterocycles. The third-order valence-corrected chi connectivity index (χ3v) is 5.66. The van der Waals surface area contributed by atoms with Crippen LogP contribution in [0.2, 0.25) is 0 Å². The van der Waals surface area contributed by atoms with E-state index in [2.05, 4.69) is 20.2 Å². The van der Waals surface area contributed by atoms with E-state index in [9.17, 15) is 9.18 Å². The van der Waals surface area contributed by atoms with E-state index < -0.39 is 0 Å². The Hall–Kier alpha value is -2.50. The zero-order valence-electron chi connectivity index (χ0n) is 15.4. The van der Waals surface area contributed by atoms with Crippen molar-refractivity contribution in [3.05, 3.63) is 42.5 Å². The fraction of sp³-hybridized carbons (Fsp3) is 0.476. The molecule has 1 amide bonds. The molecule has 1 N–H and O–H groups in total. The summed E-state index contributed by atoms with van der Waals surface area (Å²) in [5.41, 5.74) is 1.45. The number of nitrogens with one attached hydrogen (secondary N) is 1. The lowest BCUT2D eigenvalue weighted by molar-refractivity contribution is -0.126. The topological polar surface area (TPSA) is 58.1 Å². The largest absolute Gasteiger partial charge is 0.356 e. The zero-order valence-corrected chi connectivity index (χ0v) is 15.4. The average Bonchev–Trinajstić information content (AvgIpc) is 3.21. The van der Waals surface area contributed by atoms with E-state index in [1.807, 2.05) is 12.1 Å². The van der Waals surface area contributed by atoms with Crippen molar-refractivity contribution < 1.29 is 9.18 Å². The summed E-state index contributed by atoms with van der Waals surface area (Å²) in [4.78, 5) is 23.3. The highest BCUT2D eigenvalue weighted by Crippen LogP contribution is 2.26. The summed E-state index contributed by atoms with van der Waals surface area (Å²) in [5, 5.41) is 3.22. The Bertz CT molecular complexity index is 798. The van der Waals surface area contributed by atoms with Crippen LogP contribution >= 0.6 is 0 Å². The number of anilines is 1. The van der Waals surface area contributed by atoms with Crippen LogP contribution in [0.5, 0.6) is 0 Å². The lowest BCUT2D eigenvalue weighted by Crippen LogP contribution is -2.43. The third-order valence-electron chi connectivity index (χ3n) is 5.66. The number of piperidine rings is 1. The molecule has 142 valence electrons. The quantitative estimate of drug-likeness (QED) is 0.897. The van der Waals surface area contributed by atoms with Gasteiger partial charge in [0.2, 0.25) is 5.91 Å². The molecule has 1 aromatic carbocycles. The van der Waals surface area contributed by atoms with E-state index in [0.29, 0.717) is 11.7 Å². The molecule has 6 heteroatoms. The normalized spacial score (nSPS) is 18.6. The molecule has 1 saturated carbocycles. The molecule has 2 fully saturated rings. The van der Waals surface area contributed by atoms with E-state index >= 15 is 0 Å². The van der Waals surface area contributed by atoms with Crippen LogP contribution in [0.3, 0.4) is 0 Å². The molecular weight excluding hydrogens is 343 g/mol. The number of carbonyl (C=O) groups is 1. The molecule has 1 aliphatic carbocycles. The second kappa shape index (κ2) is 8.03. The zero-order chi connectivity index (χ0) is 18.6. The van der Waals surface area contributed by atoms with E-state index in [1.165, 1.54) is 31.3 Å². The fourth-order valence-corrected chi connectivity index (χ4v) is 4.09. The number of halogens is 1. The van der Waals surface area contributed by atoms with Gasteiger partial charge in [-0.1, -0.05) is 25.0 Å². The summed E-state index contributed by atoms with van der Waals surface area (Å²) in [6.07, 6.45) is 7.88. The lowest BCUT2D eigenvalue weighted by atomic mass is 9.95. The summed E-state index contributed by atoms with van der Waals surface area (Å²) in [6, 6.07) is 8.70. The van der Waals surface area contributed by atoms with Crippen molar-refractivity contribution in [2.75, 3.05) is 18.0 Å². The van der Waals surface area contributed by atoms with Gasteiger partial charge in [0.1, 0.15) is 18.0 Å². The molecule has 2 heterocycles. The molecule has 0 spiro atoms. The van der Waals surface area contributed by atoms with Gasteiger partial charge in [0.25, 0.3) is 0 Å². The second-order valence-electron chi connectivity index (χ2n) is 7.52. The summed E-state index contributed by atoms with van der Waals surface area (Å²) < 4.78 is 13.5. The van der Waals surface area contributed by atoms with Gasteiger partial charge < -0.3 is 10.2 Å². The highest BCUT2D eigenvalue weighted by Gasteiger charge is 2.28. The lowest BCUT2D eigenvalue weighted by Gasteiger charge is -2.32. The van der Waals surface area contributed by atoms with Crippen molar-refractivity contribution >= 4 is 11.7 Å². The maximum Gasteiger partial charge on any atom is 0.223 e. The van der Waals surface area contributed by atoms with Crippen LogP contribution in [0.4, 0.5) is 10.2 Å². The van der Waals surface area contributed by atoms with Gasteiger partial charge in [0.15, 0.2) is 0 Å². The summed E-state index contributed by atoms with van der Waals surface area (Å²) >= 11 is 0. The van der Waals surface area contributed by atoms with E-state index in [1.54, 1.807) is 6.07 Å². The number of aromatic nitrogens is 2. The highest BCUT2D eigenvalue weighted by molar-refractivity contribution is 5.79. The monoisotopic (exact) mass is 368 g/mol. The molecule has 0 bridgehead atoms. The Balaban J connectivity index is 1.38. The number of hydrogen-bond donors (Lipinski definition) is 1. The molecule has 0 unspecified atom stereocenters. The van der Waals surface area contributed by atoms with Crippen LogP contribution < -0.4 is 10.2 Å². The maximum absolute atomic E-state index is 13.5. The predicted molar refractivity (Wildman–Crippen MR) is 103 cm³/mol. The van der Waals surface area contributed by atoms with Gasteiger partial charge in [-0.05, 0) is 37.8 Å². The van der Waals surface area contributed by atoms with Crippen LogP contribution in [0, 0.1) is 11.7 Å². The smallest absolute Gasteiger partial charge is 0.223 e. The SMILES string of the molecule is O=C(NC1CCCC1)C1CCN(c2cc(-c3cccc(F)c3)ncn2)CC1. The molecule has 1 aromatic heterocycles. The van der Waals surface area contributed by atoms with Crippen molar-refractivity contribution in [3.8, 4) is 11.3 Å². The standard InChI is InChI=1S/C21H25FN4O/c22-17-5-3-4-16(12-17)19-13-20(24-14-23-19)26-10-8-15(9-11-26)21(27)25-18-6-1-2-7-18/h3-5,12-15,18H,1-2,6-11H2,(H,25,27). The first-order valence-corrected chi connectivity index (χ1v) is 9.82. The van der Waals surface area contributed by atoms with E-state index in [-0.39, 0.29) is 17.6 Å². The predicted octanol–water partition coefficient (Wildman–Crippen LogP) is 3.56. The number of benzene rings is 1. The molecule has 27 heavy (non-hydrogen) atoms. The molecule has 0 atom stereocenters. The van der Waals surface area contributed by atoms with Crippen molar-refractivity contribution in [2.45, 2.75) is 44.6 Å². The Morgan fingerprint density at radius 3 is 2.59 bits per heavy atom. The average molecular weight is 368 g/mol. The summed E-state index contributed by atoms with van der Waals surface area (Å²) in [7, 11) is 0. The van der Waals surface area contributed by atoms with Gasteiger partial charge >= 0.3 is 0 Å². The van der Waals surface area contributed by atoms with Gasteiger partial charge in [0.05, 0.1) is 5.69 Å². The number of hydrogen-bond acceptors (Lipinski definition) is 4. The maximum atomic E-state index is 13.5. The van der Waals surface area contributed by atoms with Gasteiger partial charge in [-0.3, -0.25) is 4.79 Å². The van der Waals surface area contributed by atoms with E-state index in [4.69, 9.17) is 0 Å². The molecule has 5 nitrogen and oxygen atoms in total. The minimum Gasteiger partial charge on any atom is -0.356 e. The minimum absolute atomic E-state index is 0.0892. The molecule has 2 aromatic rings. The molecule has 0 radical (unpaired) electrons. The number of carbonyl (C=O) groups excluding carboxylic acids is 1. The number of rotatable bonds is 4. The van der Waals surface area contributed by atoms with Crippen LogP contribution in [-0.4, -0.2) is 35.0 Å². The Morgan fingerprint density at radius 1 is 1.07 bits per heavy atom. The van der Waals surface area contributed by atoms with Crippen LogP contribution in [-0.2, 0) is 4.79 Å². The summed E-state index contributed by atoms with van der Waals surface area (Å²) in [6.45, 7) is 1.59. The first kappa shape index (κ1) is 17.9. The Morgan fingerprint density at radius 2 is 1.85 bits per heavy atom. The molecule has 4 rings (SSSR count). The second-order valence-corrected chi connectivity index (χ2v) is 7.52. The van der Waals surface area contributed by atoms with Gasteiger partial charge in [0, 0.05) is 36.7 Å². The molecule has 1 saturated heterocycles. The van der Waals surface area contributed by atoms with Gasteiger partial charge in [-0.25, -0.2) is 14.4 Å². The van der Waals surface area contributed by atoms with Crippen molar-refractivity contribution in [2.24, 2.45) is 5.92 Å². The van der Waals surface area contributed by atoms with Crippen LogP contribution in [0.25, 0.3) is 11.3 Å². The van der Waals surface area contributed by atoms with Crippen LogP contribution in [0.1, 0.15) is 38.5 Å².